The molecule has 1 atom stereocenters. The molecule has 1 aromatic carbocycles. The molecule has 1 saturated carbocycles. The molecule has 0 bridgehead atoms. The highest BCUT2D eigenvalue weighted by Gasteiger charge is 2.45. The van der Waals surface area contributed by atoms with E-state index in [4.69, 9.17) is 0 Å². The lowest BCUT2D eigenvalue weighted by Gasteiger charge is -2.49. The summed E-state index contributed by atoms with van der Waals surface area (Å²) in [7, 11) is 0. The number of nitrogens with zero attached hydrogens (tertiary/aromatic N) is 1. The molecule has 1 N–H and O–H groups in total. The zero-order chi connectivity index (χ0) is 14.7. The fourth-order valence-corrected chi connectivity index (χ4v) is 3.64. The predicted octanol–water partition coefficient (Wildman–Crippen LogP) is 4.16. The predicted molar refractivity (Wildman–Crippen MR) is 87.4 cm³/mol. The summed E-state index contributed by atoms with van der Waals surface area (Å²) < 4.78 is 0. The molecule has 1 fully saturated rings. The van der Waals surface area contributed by atoms with Gasteiger partial charge in [0, 0.05) is 23.9 Å². The highest BCUT2D eigenvalue weighted by molar-refractivity contribution is 5.35. The lowest BCUT2D eigenvalue weighted by molar-refractivity contribution is 0.170. The molecule has 2 aromatic rings. The van der Waals surface area contributed by atoms with Crippen molar-refractivity contribution in [3.8, 4) is 0 Å². The minimum atomic E-state index is 0.229. The van der Waals surface area contributed by atoms with Gasteiger partial charge in [-0.15, -0.1) is 0 Å². The molecule has 0 amide bonds. The van der Waals surface area contributed by atoms with Crippen molar-refractivity contribution in [3.05, 3.63) is 65.5 Å². The van der Waals surface area contributed by atoms with E-state index in [9.17, 15) is 0 Å². The van der Waals surface area contributed by atoms with Gasteiger partial charge in [0.05, 0.1) is 0 Å². The molecular weight excluding hydrogens is 256 g/mol. The number of likely N-dealkylation sites (N-methyl/N-ethyl adjacent to an activating group) is 1. The first-order chi connectivity index (χ1) is 10.3. The normalized spacial score (nSPS) is 18.0. The number of aryl methyl sites for hydroxylation is 1. The van der Waals surface area contributed by atoms with Crippen LogP contribution in [0.3, 0.4) is 0 Å². The van der Waals surface area contributed by atoms with E-state index in [0.717, 1.165) is 6.54 Å². The van der Waals surface area contributed by atoms with Gasteiger partial charge in [0.1, 0.15) is 0 Å². The smallest absolute Gasteiger partial charge is 0.0433 e. The van der Waals surface area contributed by atoms with Crippen LogP contribution in [0.1, 0.15) is 48.9 Å². The Morgan fingerprint density at radius 3 is 2.52 bits per heavy atom. The molecular formula is C19H24N2. The van der Waals surface area contributed by atoms with Crippen molar-refractivity contribution in [3.63, 3.8) is 0 Å². The third-order valence-electron chi connectivity index (χ3n) is 4.78. The zero-order valence-corrected chi connectivity index (χ0v) is 13.0. The summed E-state index contributed by atoms with van der Waals surface area (Å²) in [6.07, 6.45) is 7.78. The fraction of sp³-hybridized carbons (Fsp3) is 0.421. The summed E-state index contributed by atoms with van der Waals surface area (Å²) in [6, 6.07) is 13.6. The average Bonchev–Trinajstić information content (AvgIpc) is 2.46. The molecule has 1 unspecified atom stereocenters. The molecule has 110 valence electrons. The third kappa shape index (κ3) is 2.60. The lowest BCUT2D eigenvalue weighted by Crippen LogP contribution is -2.46. The second-order valence-electron chi connectivity index (χ2n) is 6.16. The van der Waals surface area contributed by atoms with Gasteiger partial charge in [0.15, 0.2) is 0 Å². The summed E-state index contributed by atoms with van der Waals surface area (Å²) in [5, 5.41) is 3.73. The summed E-state index contributed by atoms with van der Waals surface area (Å²) in [4.78, 5) is 4.41. The van der Waals surface area contributed by atoms with Crippen LogP contribution in [0, 0.1) is 6.92 Å². The maximum atomic E-state index is 4.41. The monoisotopic (exact) mass is 280 g/mol. The van der Waals surface area contributed by atoms with Crippen molar-refractivity contribution in [1.29, 1.82) is 0 Å². The van der Waals surface area contributed by atoms with Crippen molar-refractivity contribution in [2.45, 2.75) is 44.6 Å². The van der Waals surface area contributed by atoms with Crippen LogP contribution < -0.4 is 5.32 Å². The van der Waals surface area contributed by atoms with Crippen LogP contribution in [0.25, 0.3) is 0 Å². The molecule has 1 aliphatic carbocycles. The minimum absolute atomic E-state index is 0.229. The molecule has 0 spiro atoms. The number of hydrogen-bond acceptors (Lipinski definition) is 2. The second-order valence-corrected chi connectivity index (χ2v) is 6.16. The minimum Gasteiger partial charge on any atom is -0.309 e. The van der Waals surface area contributed by atoms with E-state index < -0.39 is 0 Å². The first-order valence-corrected chi connectivity index (χ1v) is 7.97. The molecule has 2 heteroatoms. The lowest BCUT2D eigenvalue weighted by atomic mass is 9.59. The average molecular weight is 280 g/mol. The molecule has 1 aliphatic rings. The zero-order valence-electron chi connectivity index (χ0n) is 13.0. The molecule has 1 aromatic heterocycles. The van der Waals surface area contributed by atoms with Crippen LogP contribution >= 0.6 is 0 Å². The van der Waals surface area contributed by atoms with Crippen molar-refractivity contribution in [2.24, 2.45) is 0 Å². The number of aromatic nitrogens is 1. The van der Waals surface area contributed by atoms with Gasteiger partial charge in [-0.05, 0) is 43.0 Å². The summed E-state index contributed by atoms with van der Waals surface area (Å²) in [6.45, 7) is 5.29. The van der Waals surface area contributed by atoms with Gasteiger partial charge >= 0.3 is 0 Å². The number of pyridine rings is 1. The molecule has 0 saturated heterocycles. The van der Waals surface area contributed by atoms with Gasteiger partial charge in [-0.3, -0.25) is 4.98 Å². The Bertz CT molecular complexity index is 588. The topological polar surface area (TPSA) is 24.9 Å². The van der Waals surface area contributed by atoms with Crippen LogP contribution in [0.4, 0.5) is 0 Å². The second kappa shape index (κ2) is 5.98. The Kier molecular flexibility index (Phi) is 4.07. The van der Waals surface area contributed by atoms with Crippen LogP contribution in [0.15, 0.2) is 48.8 Å². The van der Waals surface area contributed by atoms with E-state index in [-0.39, 0.29) is 5.41 Å². The first-order valence-electron chi connectivity index (χ1n) is 7.97. The van der Waals surface area contributed by atoms with E-state index in [1.54, 1.807) is 0 Å². The summed E-state index contributed by atoms with van der Waals surface area (Å²) >= 11 is 0. The van der Waals surface area contributed by atoms with Gasteiger partial charge in [0.25, 0.3) is 0 Å². The van der Waals surface area contributed by atoms with Crippen LogP contribution in [0.5, 0.6) is 0 Å². The van der Waals surface area contributed by atoms with E-state index in [1.165, 1.54) is 36.0 Å². The van der Waals surface area contributed by atoms with E-state index in [1.807, 2.05) is 12.4 Å². The van der Waals surface area contributed by atoms with Crippen molar-refractivity contribution in [1.82, 2.24) is 10.3 Å². The van der Waals surface area contributed by atoms with Crippen LogP contribution in [0.2, 0.25) is 0 Å². The number of benzene rings is 1. The van der Waals surface area contributed by atoms with Gasteiger partial charge in [-0.25, -0.2) is 0 Å². The van der Waals surface area contributed by atoms with Gasteiger partial charge in [-0.2, -0.15) is 0 Å². The quantitative estimate of drug-likeness (QED) is 0.889. The van der Waals surface area contributed by atoms with Crippen LogP contribution in [-0.2, 0) is 5.41 Å². The van der Waals surface area contributed by atoms with Gasteiger partial charge in [0.2, 0.25) is 0 Å². The molecule has 3 rings (SSSR count). The maximum Gasteiger partial charge on any atom is 0.0433 e. The molecule has 0 radical (unpaired) electrons. The van der Waals surface area contributed by atoms with Crippen molar-refractivity contribution >= 4 is 0 Å². The largest absolute Gasteiger partial charge is 0.309 e. The standard InChI is InChI=1S/C19H24N2/c1-3-21-18(16-12-15(2)13-20-14-16)19(10-7-11-19)17-8-5-4-6-9-17/h4-6,8-9,12-14,18,21H,3,7,10-11H2,1-2H3. The van der Waals surface area contributed by atoms with Gasteiger partial charge in [-0.1, -0.05) is 49.7 Å². The fourth-order valence-electron chi connectivity index (χ4n) is 3.64. The molecule has 1 heterocycles. The van der Waals surface area contributed by atoms with Crippen molar-refractivity contribution in [2.75, 3.05) is 6.54 Å². The Labute approximate surface area is 127 Å². The Morgan fingerprint density at radius 2 is 1.95 bits per heavy atom. The molecule has 2 nitrogen and oxygen atoms in total. The highest BCUT2D eigenvalue weighted by atomic mass is 14.9. The summed E-state index contributed by atoms with van der Waals surface area (Å²) in [5.74, 6) is 0. The molecule has 21 heavy (non-hydrogen) atoms. The summed E-state index contributed by atoms with van der Waals surface area (Å²) in [5.41, 5.74) is 4.24. The van der Waals surface area contributed by atoms with Gasteiger partial charge < -0.3 is 5.32 Å². The Morgan fingerprint density at radius 1 is 1.19 bits per heavy atom. The highest BCUT2D eigenvalue weighted by Crippen LogP contribution is 2.52. The maximum absolute atomic E-state index is 4.41. The van der Waals surface area contributed by atoms with Crippen LogP contribution in [-0.4, -0.2) is 11.5 Å². The molecule has 0 aliphatic heterocycles. The Balaban J connectivity index is 2.03. The number of rotatable bonds is 5. The third-order valence-corrected chi connectivity index (χ3v) is 4.78. The Hall–Kier alpha value is -1.67. The number of hydrogen-bond donors (Lipinski definition) is 1. The first kappa shape index (κ1) is 14.3. The number of nitrogens with one attached hydrogen (secondary N) is 1. The van der Waals surface area contributed by atoms with E-state index in [0.29, 0.717) is 6.04 Å². The van der Waals surface area contributed by atoms with Crippen molar-refractivity contribution < 1.29 is 0 Å². The van der Waals surface area contributed by atoms with E-state index >= 15 is 0 Å². The van der Waals surface area contributed by atoms with E-state index in [2.05, 4.69) is 60.5 Å². The SMILES string of the molecule is CCNC(c1cncc(C)c1)C1(c2ccccc2)CCC1.